The van der Waals surface area contributed by atoms with Gasteiger partial charge in [0.2, 0.25) is 0 Å². The molecule has 0 radical (unpaired) electrons. The molecule has 1 aromatic rings. The molecule has 16 heavy (non-hydrogen) atoms. The first-order chi connectivity index (χ1) is 7.70. The summed E-state index contributed by atoms with van der Waals surface area (Å²) >= 11 is 6.13. The van der Waals surface area contributed by atoms with Crippen LogP contribution in [-0.4, -0.2) is 7.05 Å². The fraction of sp³-hybridized carbons (Fsp3) is 0.429. The lowest BCUT2D eigenvalue weighted by atomic mass is 9.97. The van der Waals surface area contributed by atoms with Gasteiger partial charge in [0.1, 0.15) is 0 Å². The number of rotatable bonds is 6. The zero-order valence-electron chi connectivity index (χ0n) is 10.1. The lowest BCUT2D eigenvalue weighted by Gasteiger charge is -2.19. The van der Waals surface area contributed by atoms with Crippen LogP contribution in [-0.2, 0) is 0 Å². The molecule has 0 aliphatic rings. The fourth-order valence-electron chi connectivity index (χ4n) is 1.92. The zero-order valence-corrected chi connectivity index (χ0v) is 10.8. The lowest BCUT2D eigenvalue weighted by Crippen LogP contribution is -2.17. The standard InChI is InChI=1S/C14H20ClN/c1-4-5-6-10-14(16-3)12-8-7-9-13(15)11(12)2/h4,7-9,14,16H,1,5-6,10H2,2-3H3. The number of hydrogen-bond acceptors (Lipinski definition) is 1. The van der Waals surface area contributed by atoms with Gasteiger partial charge >= 0.3 is 0 Å². The van der Waals surface area contributed by atoms with Crippen LogP contribution in [0.4, 0.5) is 0 Å². The molecular formula is C14H20ClN. The molecule has 0 spiro atoms. The van der Waals surface area contributed by atoms with Gasteiger partial charge in [-0.05, 0) is 50.4 Å². The summed E-state index contributed by atoms with van der Waals surface area (Å²) in [5, 5.41) is 4.20. The van der Waals surface area contributed by atoms with Crippen molar-refractivity contribution in [2.75, 3.05) is 7.05 Å². The van der Waals surface area contributed by atoms with Gasteiger partial charge in [-0.25, -0.2) is 0 Å². The number of hydrogen-bond donors (Lipinski definition) is 1. The highest BCUT2D eigenvalue weighted by Gasteiger charge is 2.12. The Labute approximate surface area is 104 Å². The van der Waals surface area contributed by atoms with E-state index in [9.17, 15) is 0 Å². The molecule has 0 saturated carbocycles. The predicted octanol–water partition coefficient (Wildman–Crippen LogP) is 4.27. The molecule has 88 valence electrons. The van der Waals surface area contributed by atoms with E-state index in [1.54, 1.807) is 0 Å². The lowest BCUT2D eigenvalue weighted by molar-refractivity contribution is 0.528. The van der Waals surface area contributed by atoms with E-state index in [2.05, 4.69) is 24.9 Å². The SMILES string of the molecule is C=CCCCC(NC)c1cccc(Cl)c1C. The maximum absolute atomic E-state index is 6.13. The van der Waals surface area contributed by atoms with Crippen LogP contribution in [0.5, 0.6) is 0 Å². The molecule has 0 aromatic heterocycles. The van der Waals surface area contributed by atoms with E-state index >= 15 is 0 Å². The zero-order chi connectivity index (χ0) is 12.0. The third-order valence-electron chi connectivity index (χ3n) is 2.93. The van der Waals surface area contributed by atoms with E-state index in [4.69, 9.17) is 11.6 Å². The van der Waals surface area contributed by atoms with Crippen molar-refractivity contribution in [1.29, 1.82) is 0 Å². The molecule has 0 aliphatic carbocycles. The van der Waals surface area contributed by atoms with Gasteiger partial charge in [0.15, 0.2) is 0 Å². The van der Waals surface area contributed by atoms with Crippen LogP contribution in [0, 0.1) is 6.92 Å². The van der Waals surface area contributed by atoms with Crippen molar-refractivity contribution in [1.82, 2.24) is 5.32 Å². The van der Waals surface area contributed by atoms with Crippen molar-refractivity contribution >= 4 is 11.6 Å². The van der Waals surface area contributed by atoms with E-state index in [-0.39, 0.29) is 0 Å². The maximum atomic E-state index is 6.13. The molecule has 0 saturated heterocycles. The highest BCUT2D eigenvalue weighted by molar-refractivity contribution is 6.31. The van der Waals surface area contributed by atoms with Crippen LogP contribution < -0.4 is 5.32 Å². The van der Waals surface area contributed by atoms with E-state index in [1.165, 1.54) is 11.1 Å². The number of allylic oxidation sites excluding steroid dienone is 1. The van der Waals surface area contributed by atoms with Gasteiger partial charge in [-0.2, -0.15) is 0 Å². The van der Waals surface area contributed by atoms with Crippen molar-refractivity contribution in [3.8, 4) is 0 Å². The first-order valence-electron chi connectivity index (χ1n) is 5.74. The van der Waals surface area contributed by atoms with Crippen LogP contribution in [0.2, 0.25) is 5.02 Å². The van der Waals surface area contributed by atoms with Gasteiger partial charge in [0, 0.05) is 11.1 Å². The number of nitrogens with one attached hydrogen (secondary N) is 1. The van der Waals surface area contributed by atoms with Crippen LogP contribution in [0.25, 0.3) is 0 Å². The molecule has 0 amide bonds. The minimum absolute atomic E-state index is 0.388. The number of benzene rings is 1. The normalized spacial score (nSPS) is 12.4. The summed E-state index contributed by atoms with van der Waals surface area (Å²) in [7, 11) is 2.00. The van der Waals surface area contributed by atoms with Gasteiger partial charge in [-0.15, -0.1) is 6.58 Å². The second kappa shape index (κ2) is 6.72. The van der Waals surface area contributed by atoms with Crippen LogP contribution in [0.1, 0.15) is 36.4 Å². The van der Waals surface area contributed by atoms with Crippen LogP contribution in [0.3, 0.4) is 0 Å². The Balaban J connectivity index is 2.78. The maximum Gasteiger partial charge on any atom is 0.0438 e. The second-order valence-corrected chi connectivity index (χ2v) is 4.42. The fourth-order valence-corrected chi connectivity index (χ4v) is 2.11. The molecular weight excluding hydrogens is 218 g/mol. The van der Waals surface area contributed by atoms with Gasteiger partial charge in [0.05, 0.1) is 0 Å². The van der Waals surface area contributed by atoms with Crippen molar-refractivity contribution in [3.05, 3.63) is 47.0 Å². The number of unbranched alkanes of at least 4 members (excludes halogenated alkanes) is 1. The van der Waals surface area contributed by atoms with Gasteiger partial charge in [-0.1, -0.05) is 29.8 Å². The summed E-state index contributed by atoms with van der Waals surface area (Å²) in [5.41, 5.74) is 2.49. The minimum Gasteiger partial charge on any atom is -0.313 e. The third-order valence-corrected chi connectivity index (χ3v) is 3.34. The first kappa shape index (κ1) is 13.3. The summed E-state index contributed by atoms with van der Waals surface area (Å²) < 4.78 is 0. The molecule has 1 nitrogen and oxygen atoms in total. The quantitative estimate of drug-likeness (QED) is 0.576. The molecule has 0 bridgehead atoms. The minimum atomic E-state index is 0.388. The molecule has 1 unspecified atom stereocenters. The Morgan fingerprint density at radius 1 is 1.50 bits per heavy atom. The van der Waals surface area contributed by atoms with Crippen molar-refractivity contribution in [3.63, 3.8) is 0 Å². The second-order valence-electron chi connectivity index (χ2n) is 4.01. The molecule has 1 aromatic carbocycles. The van der Waals surface area contributed by atoms with Crippen LogP contribution >= 0.6 is 11.6 Å². The Hall–Kier alpha value is -0.790. The third kappa shape index (κ3) is 3.36. The first-order valence-corrected chi connectivity index (χ1v) is 6.11. The predicted molar refractivity (Wildman–Crippen MR) is 72.0 cm³/mol. The monoisotopic (exact) mass is 237 g/mol. The van der Waals surface area contributed by atoms with E-state index < -0.39 is 0 Å². The molecule has 1 atom stereocenters. The smallest absolute Gasteiger partial charge is 0.0438 e. The molecule has 2 heteroatoms. The Bertz CT molecular complexity index is 347. The highest BCUT2D eigenvalue weighted by atomic mass is 35.5. The largest absolute Gasteiger partial charge is 0.313 e. The van der Waals surface area contributed by atoms with E-state index in [1.807, 2.05) is 25.3 Å². The summed E-state index contributed by atoms with van der Waals surface area (Å²) in [6.07, 6.45) is 5.31. The summed E-state index contributed by atoms with van der Waals surface area (Å²) in [4.78, 5) is 0. The summed E-state index contributed by atoms with van der Waals surface area (Å²) in [6.45, 7) is 5.83. The summed E-state index contributed by atoms with van der Waals surface area (Å²) in [6, 6.07) is 6.49. The highest BCUT2D eigenvalue weighted by Crippen LogP contribution is 2.27. The van der Waals surface area contributed by atoms with Gasteiger partial charge in [0.25, 0.3) is 0 Å². The van der Waals surface area contributed by atoms with Crippen LogP contribution in [0.15, 0.2) is 30.9 Å². The van der Waals surface area contributed by atoms with E-state index in [0.29, 0.717) is 6.04 Å². The van der Waals surface area contributed by atoms with Crippen molar-refractivity contribution in [2.45, 2.75) is 32.2 Å². The topological polar surface area (TPSA) is 12.0 Å². The van der Waals surface area contributed by atoms with Gasteiger partial charge in [-0.3, -0.25) is 0 Å². The molecule has 1 N–H and O–H groups in total. The van der Waals surface area contributed by atoms with Crippen molar-refractivity contribution < 1.29 is 0 Å². The average Bonchev–Trinajstić information content (AvgIpc) is 2.29. The van der Waals surface area contributed by atoms with Gasteiger partial charge < -0.3 is 5.32 Å². The van der Waals surface area contributed by atoms with E-state index in [0.717, 1.165) is 24.3 Å². The molecule has 1 rings (SSSR count). The van der Waals surface area contributed by atoms with Crippen molar-refractivity contribution in [2.24, 2.45) is 0 Å². The Morgan fingerprint density at radius 3 is 2.88 bits per heavy atom. The average molecular weight is 238 g/mol. The Kier molecular flexibility index (Phi) is 5.58. The molecule has 0 fully saturated rings. The molecule has 0 aliphatic heterocycles. The summed E-state index contributed by atoms with van der Waals surface area (Å²) in [5.74, 6) is 0. The Morgan fingerprint density at radius 2 is 2.25 bits per heavy atom. The molecule has 0 heterocycles. The number of halogens is 1.